The van der Waals surface area contributed by atoms with Crippen molar-refractivity contribution in [3.05, 3.63) is 77.1 Å². The van der Waals surface area contributed by atoms with Crippen LogP contribution in [0.4, 0.5) is 0 Å². The van der Waals surface area contributed by atoms with Crippen LogP contribution in [-0.2, 0) is 11.3 Å². The van der Waals surface area contributed by atoms with Crippen molar-refractivity contribution < 1.29 is 4.79 Å². The zero-order valence-electron chi connectivity index (χ0n) is 17.5. The number of nitrogens with zero attached hydrogens (tertiary/aromatic N) is 3. The number of aromatic nitrogens is 3. The molecule has 1 aliphatic rings. The highest BCUT2D eigenvalue weighted by atomic mass is 32.2. The van der Waals surface area contributed by atoms with E-state index in [1.54, 1.807) is 0 Å². The summed E-state index contributed by atoms with van der Waals surface area (Å²) in [6, 6.07) is 18.7. The summed E-state index contributed by atoms with van der Waals surface area (Å²) < 4.78 is 2.18. The van der Waals surface area contributed by atoms with Crippen molar-refractivity contribution in [2.45, 2.75) is 56.8 Å². The molecule has 0 spiro atoms. The first kappa shape index (κ1) is 20.7. The normalized spacial score (nSPS) is 14.5. The van der Waals surface area contributed by atoms with Gasteiger partial charge in [-0.15, -0.1) is 10.2 Å². The maximum Gasteiger partial charge on any atom is 0.230 e. The summed E-state index contributed by atoms with van der Waals surface area (Å²) in [4.78, 5) is 12.7. The lowest BCUT2D eigenvalue weighted by molar-refractivity contribution is -0.119. The van der Waals surface area contributed by atoms with Gasteiger partial charge in [0.2, 0.25) is 5.91 Å². The van der Waals surface area contributed by atoms with Crippen LogP contribution >= 0.6 is 11.8 Å². The van der Waals surface area contributed by atoms with Crippen molar-refractivity contribution in [1.82, 2.24) is 20.1 Å². The lowest BCUT2D eigenvalue weighted by atomic mass is 10.0. The SMILES string of the molecule is CCC(NC(=O)CSc1nnc(C2CC2)n1Cc1ccccc1)c1ccc(C)cc1. The van der Waals surface area contributed by atoms with E-state index < -0.39 is 0 Å². The third-order valence-corrected chi connectivity index (χ3v) is 6.39. The highest BCUT2D eigenvalue weighted by molar-refractivity contribution is 7.99. The lowest BCUT2D eigenvalue weighted by Gasteiger charge is -2.17. The summed E-state index contributed by atoms with van der Waals surface area (Å²) in [7, 11) is 0. The molecule has 156 valence electrons. The van der Waals surface area contributed by atoms with Crippen molar-refractivity contribution in [3.8, 4) is 0 Å². The van der Waals surface area contributed by atoms with Gasteiger partial charge in [-0.3, -0.25) is 4.79 Å². The van der Waals surface area contributed by atoms with Crippen molar-refractivity contribution in [1.29, 1.82) is 0 Å². The largest absolute Gasteiger partial charge is 0.349 e. The van der Waals surface area contributed by atoms with Gasteiger partial charge in [-0.25, -0.2) is 0 Å². The molecule has 2 aromatic carbocycles. The number of amides is 1. The van der Waals surface area contributed by atoms with Gasteiger partial charge >= 0.3 is 0 Å². The zero-order valence-corrected chi connectivity index (χ0v) is 18.4. The summed E-state index contributed by atoms with van der Waals surface area (Å²) in [5, 5.41) is 12.8. The number of nitrogens with one attached hydrogen (secondary N) is 1. The van der Waals surface area contributed by atoms with E-state index in [4.69, 9.17) is 0 Å². The van der Waals surface area contributed by atoms with E-state index in [1.165, 1.54) is 35.7 Å². The summed E-state index contributed by atoms with van der Waals surface area (Å²) >= 11 is 1.47. The Bertz CT molecular complexity index is 980. The van der Waals surface area contributed by atoms with Gasteiger partial charge in [0.05, 0.1) is 18.3 Å². The number of aryl methyl sites for hydroxylation is 1. The minimum Gasteiger partial charge on any atom is -0.349 e. The fourth-order valence-corrected chi connectivity index (χ4v) is 4.31. The molecule has 1 unspecified atom stereocenters. The molecule has 0 radical (unpaired) electrons. The summed E-state index contributed by atoms with van der Waals surface area (Å²) in [5.41, 5.74) is 3.58. The maximum atomic E-state index is 12.7. The van der Waals surface area contributed by atoms with E-state index in [1.807, 2.05) is 18.2 Å². The predicted octanol–water partition coefficient (Wildman–Crippen LogP) is 4.87. The van der Waals surface area contributed by atoms with E-state index >= 15 is 0 Å². The first-order valence-corrected chi connectivity index (χ1v) is 11.6. The van der Waals surface area contributed by atoms with Crippen LogP contribution in [-0.4, -0.2) is 26.4 Å². The quantitative estimate of drug-likeness (QED) is 0.502. The zero-order chi connectivity index (χ0) is 20.9. The van der Waals surface area contributed by atoms with Crippen molar-refractivity contribution in [2.75, 3.05) is 5.75 Å². The van der Waals surface area contributed by atoms with Crippen LogP contribution in [0.15, 0.2) is 59.8 Å². The monoisotopic (exact) mass is 420 g/mol. The Labute approximate surface area is 182 Å². The maximum absolute atomic E-state index is 12.7. The molecule has 1 fully saturated rings. The average molecular weight is 421 g/mol. The molecule has 0 saturated heterocycles. The van der Waals surface area contributed by atoms with Gasteiger partial charge in [-0.1, -0.05) is 78.8 Å². The molecule has 1 aromatic heterocycles. The molecule has 0 aliphatic heterocycles. The van der Waals surface area contributed by atoms with Crippen LogP contribution in [0.1, 0.15) is 60.7 Å². The van der Waals surface area contributed by atoms with Gasteiger partial charge in [0.1, 0.15) is 5.82 Å². The van der Waals surface area contributed by atoms with Crippen LogP contribution in [0, 0.1) is 6.92 Å². The highest BCUT2D eigenvalue weighted by Gasteiger charge is 2.30. The molecular formula is C24H28N4OS. The van der Waals surface area contributed by atoms with Crippen LogP contribution in [0.5, 0.6) is 0 Å². The van der Waals surface area contributed by atoms with Gasteiger partial charge in [0.15, 0.2) is 5.16 Å². The first-order chi connectivity index (χ1) is 14.6. The highest BCUT2D eigenvalue weighted by Crippen LogP contribution is 2.40. The number of hydrogen-bond donors (Lipinski definition) is 1. The third kappa shape index (κ3) is 5.11. The number of thioether (sulfide) groups is 1. The lowest BCUT2D eigenvalue weighted by Crippen LogP contribution is -2.29. The molecule has 1 atom stereocenters. The first-order valence-electron chi connectivity index (χ1n) is 10.6. The molecule has 1 heterocycles. The molecule has 5 nitrogen and oxygen atoms in total. The second kappa shape index (κ2) is 9.47. The minimum absolute atomic E-state index is 0.0228. The Morgan fingerprint density at radius 1 is 1.13 bits per heavy atom. The molecule has 0 bridgehead atoms. The Kier molecular flexibility index (Phi) is 6.53. The molecule has 1 saturated carbocycles. The Morgan fingerprint density at radius 3 is 2.53 bits per heavy atom. The summed E-state index contributed by atoms with van der Waals surface area (Å²) in [6.45, 7) is 4.91. The molecule has 30 heavy (non-hydrogen) atoms. The van der Waals surface area contributed by atoms with E-state index in [-0.39, 0.29) is 11.9 Å². The predicted molar refractivity (Wildman–Crippen MR) is 121 cm³/mol. The van der Waals surface area contributed by atoms with Crippen molar-refractivity contribution in [3.63, 3.8) is 0 Å². The number of hydrogen-bond acceptors (Lipinski definition) is 4. The Balaban J connectivity index is 1.41. The fraction of sp³-hybridized carbons (Fsp3) is 0.375. The van der Waals surface area contributed by atoms with Gasteiger partial charge in [0, 0.05) is 5.92 Å². The Morgan fingerprint density at radius 2 is 1.87 bits per heavy atom. The Hall–Kier alpha value is -2.60. The molecule has 1 N–H and O–H groups in total. The fourth-order valence-electron chi connectivity index (χ4n) is 3.55. The summed E-state index contributed by atoms with van der Waals surface area (Å²) in [6.07, 6.45) is 3.20. The molecule has 4 rings (SSSR count). The standard InChI is InChI=1S/C24H28N4OS/c1-3-21(19-11-9-17(2)10-12-19)25-22(29)16-30-24-27-26-23(20-13-14-20)28(24)15-18-7-5-4-6-8-18/h4-12,20-21H,3,13-16H2,1-2H3,(H,25,29). The van der Waals surface area contributed by atoms with E-state index in [0.717, 1.165) is 29.5 Å². The molecule has 1 amide bonds. The average Bonchev–Trinajstić information content (AvgIpc) is 3.53. The number of carbonyl (C=O) groups is 1. The topological polar surface area (TPSA) is 59.8 Å². The van der Waals surface area contributed by atoms with Crippen LogP contribution < -0.4 is 5.32 Å². The second-order valence-electron chi connectivity index (χ2n) is 7.91. The van der Waals surface area contributed by atoms with Crippen LogP contribution in [0.25, 0.3) is 0 Å². The summed E-state index contributed by atoms with van der Waals surface area (Å²) in [5.74, 6) is 1.91. The number of rotatable bonds is 9. The smallest absolute Gasteiger partial charge is 0.230 e. The van der Waals surface area contributed by atoms with Gasteiger partial charge in [0.25, 0.3) is 0 Å². The molecule has 3 aromatic rings. The molecule has 1 aliphatic carbocycles. The van der Waals surface area contributed by atoms with Crippen LogP contribution in [0.3, 0.4) is 0 Å². The molecule has 6 heteroatoms. The number of benzene rings is 2. The minimum atomic E-state index is 0.0228. The van der Waals surface area contributed by atoms with Gasteiger partial charge in [-0.05, 0) is 37.3 Å². The van der Waals surface area contributed by atoms with E-state index in [0.29, 0.717) is 11.7 Å². The van der Waals surface area contributed by atoms with Crippen molar-refractivity contribution >= 4 is 17.7 Å². The van der Waals surface area contributed by atoms with Gasteiger partial charge < -0.3 is 9.88 Å². The number of carbonyl (C=O) groups excluding carboxylic acids is 1. The third-order valence-electron chi connectivity index (χ3n) is 5.43. The van der Waals surface area contributed by atoms with E-state index in [2.05, 4.69) is 70.3 Å². The van der Waals surface area contributed by atoms with Crippen LogP contribution in [0.2, 0.25) is 0 Å². The molecular weight excluding hydrogens is 392 g/mol. The van der Waals surface area contributed by atoms with Gasteiger partial charge in [-0.2, -0.15) is 0 Å². The van der Waals surface area contributed by atoms with E-state index in [9.17, 15) is 4.79 Å². The second-order valence-corrected chi connectivity index (χ2v) is 8.86. The van der Waals surface area contributed by atoms with Crippen molar-refractivity contribution in [2.24, 2.45) is 0 Å².